The predicted molar refractivity (Wildman–Crippen MR) is 145 cm³/mol. The number of rotatable bonds is 5. The van der Waals surface area contributed by atoms with Gasteiger partial charge in [0.15, 0.2) is 11.4 Å². The molecule has 0 atom stereocenters. The van der Waals surface area contributed by atoms with Crippen molar-refractivity contribution in [2.75, 3.05) is 10.6 Å². The number of H-pyrrole nitrogens is 1. The molecule has 38 heavy (non-hydrogen) atoms. The van der Waals surface area contributed by atoms with E-state index in [0.717, 1.165) is 16.5 Å². The summed E-state index contributed by atoms with van der Waals surface area (Å²) in [6.45, 7) is 1.63. The number of nitrogens with one attached hydrogen (secondary N) is 3. The van der Waals surface area contributed by atoms with E-state index in [9.17, 15) is 9.59 Å². The van der Waals surface area contributed by atoms with E-state index in [1.165, 1.54) is 0 Å². The fraction of sp³-hybridized carbons (Fsp3) is 0.0357. The highest BCUT2D eigenvalue weighted by Gasteiger charge is 2.14. The molecule has 6 rings (SSSR count). The van der Waals surface area contributed by atoms with Gasteiger partial charge in [-0.2, -0.15) is 5.10 Å². The van der Waals surface area contributed by atoms with Gasteiger partial charge in [0.05, 0.1) is 17.6 Å². The number of pyridine rings is 1. The van der Waals surface area contributed by atoms with E-state index in [1.54, 1.807) is 48.3 Å². The summed E-state index contributed by atoms with van der Waals surface area (Å²) in [7, 11) is 0. The summed E-state index contributed by atoms with van der Waals surface area (Å²) in [4.78, 5) is 36.2. The molecule has 0 spiro atoms. The van der Waals surface area contributed by atoms with Gasteiger partial charge in [-0.3, -0.25) is 10.1 Å². The molecule has 6 aromatic rings. The van der Waals surface area contributed by atoms with Crippen molar-refractivity contribution in [1.29, 1.82) is 0 Å². The van der Waals surface area contributed by atoms with Gasteiger partial charge in [-0.05, 0) is 31.2 Å². The lowest BCUT2D eigenvalue weighted by Gasteiger charge is -2.15. The molecule has 3 N–H and O–H groups in total. The van der Waals surface area contributed by atoms with Crippen LogP contribution in [0, 0.1) is 6.92 Å². The minimum absolute atomic E-state index is 0.298. The number of para-hydroxylation sites is 1. The molecule has 2 amide bonds. The molecule has 186 valence electrons. The number of amides is 2. The Labute approximate surface area is 215 Å². The third-order valence-corrected chi connectivity index (χ3v) is 5.96. The summed E-state index contributed by atoms with van der Waals surface area (Å²) in [6, 6.07) is 23.7. The summed E-state index contributed by atoms with van der Waals surface area (Å²) in [5.74, 6) is 1.54. The highest BCUT2D eigenvalue weighted by Crippen LogP contribution is 2.35. The van der Waals surface area contributed by atoms with Gasteiger partial charge in [-0.1, -0.05) is 42.5 Å². The first-order chi connectivity index (χ1) is 18.6. The van der Waals surface area contributed by atoms with Gasteiger partial charge < -0.3 is 15.0 Å². The maximum Gasteiger partial charge on any atom is 0.324 e. The smallest absolute Gasteiger partial charge is 0.324 e. The van der Waals surface area contributed by atoms with Crippen LogP contribution in [0.5, 0.6) is 11.5 Å². The molecule has 10 heteroatoms. The lowest BCUT2D eigenvalue weighted by molar-refractivity contribution is 0.262. The van der Waals surface area contributed by atoms with Crippen LogP contribution >= 0.6 is 0 Å². The van der Waals surface area contributed by atoms with Gasteiger partial charge in [-0.25, -0.2) is 19.4 Å². The molecule has 0 unspecified atom stereocenters. The second-order valence-electron chi connectivity index (χ2n) is 8.46. The van der Waals surface area contributed by atoms with Crippen LogP contribution in [0.1, 0.15) is 5.69 Å². The number of aromatic amines is 1. The largest absolute Gasteiger partial charge is 0.454 e. The fourth-order valence-corrected chi connectivity index (χ4v) is 4.17. The van der Waals surface area contributed by atoms with E-state index in [4.69, 9.17) is 4.74 Å². The van der Waals surface area contributed by atoms with Crippen molar-refractivity contribution in [3.63, 3.8) is 0 Å². The first-order valence-electron chi connectivity index (χ1n) is 11.8. The maximum atomic E-state index is 13.0. The van der Waals surface area contributed by atoms with E-state index in [-0.39, 0.29) is 5.56 Å². The summed E-state index contributed by atoms with van der Waals surface area (Å²) < 4.78 is 7.89. The average molecular weight is 504 g/mol. The van der Waals surface area contributed by atoms with Crippen LogP contribution in [0.15, 0.2) is 96.1 Å². The van der Waals surface area contributed by atoms with Crippen molar-refractivity contribution < 1.29 is 9.53 Å². The molecule has 0 saturated carbocycles. The quantitative estimate of drug-likeness (QED) is 0.289. The van der Waals surface area contributed by atoms with E-state index >= 15 is 0 Å². The minimum atomic E-state index is -0.412. The molecule has 0 radical (unpaired) electrons. The van der Waals surface area contributed by atoms with Crippen LogP contribution in [0.3, 0.4) is 0 Å². The molecule has 3 aromatic carbocycles. The number of aromatic nitrogens is 5. The Kier molecular flexibility index (Phi) is 5.74. The summed E-state index contributed by atoms with van der Waals surface area (Å²) in [6.07, 6.45) is 3.17. The lowest BCUT2D eigenvalue weighted by atomic mass is 10.1. The molecule has 0 saturated heterocycles. The second kappa shape index (κ2) is 9.51. The fourth-order valence-electron chi connectivity index (χ4n) is 4.17. The minimum Gasteiger partial charge on any atom is -0.454 e. The van der Waals surface area contributed by atoms with Crippen LogP contribution < -0.4 is 20.9 Å². The number of hydrogen-bond donors (Lipinski definition) is 3. The number of benzene rings is 3. The van der Waals surface area contributed by atoms with Gasteiger partial charge in [0.1, 0.15) is 22.8 Å². The molecule has 0 aliphatic rings. The van der Waals surface area contributed by atoms with Crippen LogP contribution in [0.25, 0.3) is 27.6 Å². The van der Waals surface area contributed by atoms with Crippen molar-refractivity contribution in [3.05, 3.63) is 107 Å². The topological polar surface area (TPSA) is 127 Å². The number of anilines is 2. The average Bonchev–Trinajstić information content (AvgIpc) is 3.39. The Morgan fingerprint density at radius 1 is 0.868 bits per heavy atom. The molecular formula is C28H21N7O3. The van der Waals surface area contributed by atoms with E-state index in [1.807, 2.05) is 54.6 Å². The number of carbonyl (C=O) groups is 1. The Bertz CT molecular complexity index is 1860. The Hall–Kier alpha value is -5.51. The Morgan fingerprint density at radius 2 is 1.66 bits per heavy atom. The van der Waals surface area contributed by atoms with E-state index < -0.39 is 6.03 Å². The van der Waals surface area contributed by atoms with Crippen LogP contribution in [-0.2, 0) is 0 Å². The molecule has 3 aromatic heterocycles. The number of hydrogen-bond acceptors (Lipinski definition) is 6. The van der Waals surface area contributed by atoms with Crippen molar-refractivity contribution in [2.45, 2.75) is 6.92 Å². The zero-order valence-corrected chi connectivity index (χ0v) is 20.2. The Morgan fingerprint density at radius 3 is 2.50 bits per heavy atom. The van der Waals surface area contributed by atoms with Gasteiger partial charge in [0, 0.05) is 29.1 Å². The number of fused-ring (bicyclic) bond motifs is 2. The molecule has 0 bridgehead atoms. The molecule has 3 heterocycles. The first kappa shape index (κ1) is 22.9. The number of ether oxygens (including phenoxy) is 1. The van der Waals surface area contributed by atoms with Crippen LogP contribution in [0.2, 0.25) is 0 Å². The number of urea groups is 1. The molecular weight excluding hydrogens is 482 g/mol. The van der Waals surface area contributed by atoms with Crippen molar-refractivity contribution in [1.82, 2.24) is 24.7 Å². The highest BCUT2D eigenvalue weighted by atomic mass is 16.5. The van der Waals surface area contributed by atoms with Crippen molar-refractivity contribution in [3.8, 4) is 17.2 Å². The second-order valence-corrected chi connectivity index (χ2v) is 8.46. The van der Waals surface area contributed by atoms with E-state index in [0.29, 0.717) is 39.9 Å². The van der Waals surface area contributed by atoms with Gasteiger partial charge in [0.25, 0.3) is 5.56 Å². The van der Waals surface area contributed by atoms with Gasteiger partial charge in [0.2, 0.25) is 0 Å². The standard InChI is InChI=1S/C28H21N7O3/c1-17-27(36)34-26-25(31-17)23(13-15-29-26)38-22-12-11-21(19-9-5-6-10-20(19)22)32-28(37)33-24-14-16-30-35(24)18-7-3-2-4-8-18/h2-16H,1H3,(H,29,34,36)(H2,32,33,37). The van der Waals surface area contributed by atoms with Crippen molar-refractivity contribution >= 4 is 39.5 Å². The number of nitrogens with zero attached hydrogens (tertiary/aromatic N) is 4. The van der Waals surface area contributed by atoms with Crippen LogP contribution in [-0.4, -0.2) is 30.8 Å². The number of carbonyl (C=O) groups excluding carboxylic acids is 1. The summed E-state index contributed by atoms with van der Waals surface area (Å²) >= 11 is 0. The molecule has 0 aliphatic carbocycles. The lowest BCUT2D eigenvalue weighted by Crippen LogP contribution is -2.21. The SMILES string of the molecule is Cc1nc2c(Oc3ccc(NC(=O)Nc4ccnn4-c4ccccc4)c4ccccc34)ccnc2[nH]c1=O. The third-order valence-electron chi connectivity index (χ3n) is 5.96. The normalized spacial score (nSPS) is 11.0. The van der Waals surface area contributed by atoms with Gasteiger partial charge in [-0.15, -0.1) is 0 Å². The summed E-state index contributed by atoms with van der Waals surface area (Å²) in [5, 5.41) is 11.7. The molecule has 10 nitrogen and oxygen atoms in total. The first-order valence-corrected chi connectivity index (χ1v) is 11.8. The molecule has 0 fully saturated rings. The van der Waals surface area contributed by atoms with E-state index in [2.05, 4.69) is 30.7 Å². The molecule has 0 aliphatic heterocycles. The summed E-state index contributed by atoms with van der Waals surface area (Å²) in [5.41, 5.74) is 2.25. The number of aryl methyl sites for hydroxylation is 1. The van der Waals surface area contributed by atoms with Crippen molar-refractivity contribution in [2.24, 2.45) is 0 Å². The zero-order valence-electron chi connectivity index (χ0n) is 20.2. The highest BCUT2D eigenvalue weighted by molar-refractivity contribution is 6.07. The maximum absolute atomic E-state index is 13.0. The van der Waals surface area contributed by atoms with Crippen LogP contribution in [0.4, 0.5) is 16.3 Å². The predicted octanol–water partition coefficient (Wildman–Crippen LogP) is 5.40. The Balaban J connectivity index is 1.29. The zero-order chi connectivity index (χ0) is 26.1. The van der Waals surface area contributed by atoms with Gasteiger partial charge >= 0.3 is 6.03 Å². The third kappa shape index (κ3) is 4.30. The monoisotopic (exact) mass is 503 g/mol.